The van der Waals surface area contributed by atoms with Crippen molar-refractivity contribution < 1.29 is 19.2 Å². The minimum atomic E-state index is -0.721. The summed E-state index contributed by atoms with van der Waals surface area (Å²) in [5.41, 5.74) is 1.20. The lowest BCUT2D eigenvalue weighted by Gasteiger charge is -2.15. The van der Waals surface area contributed by atoms with E-state index in [4.69, 9.17) is 21.1 Å². The zero-order valence-corrected chi connectivity index (χ0v) is 21.4. The Morgan fingerprint density at radius 2 is 1.94 bits per heavy atom. The van der Waals surface area contributed by atoms with Crippen molar-refractivity contribution in [1.82, 2.24) is 0 Å². The molecule has 0 spiro atoms. The van der Waals surface area contributed by atoms with E-state index in [0.717, 1.165) is 9.13 Å². The minimum absolute atomic E-state index is 0.181. The third-order valence-corrected chi connectivity index (χ3v) is 5.62. The van der Waals surface area contributed by atoms with Crippen LogP contribution in [-0.4, -0.2) is 17.4 Å². The highest BCUT2D eigenvalue weighted by Gasteiger charge is 2.16. The molecule has 1 amide bonds. The second-order valence-corrected chi connectivity index (χ2v) is 8.76. The third kappa shape index (κ3) is 7.18. The highest BCUT2D eigenvalue weighted by atomic mass is 127. The Hall–Kier alpha value is -3.62. The fourth-order valence-electron chi connectivity index (χ4n) is 3.02. The Labute approximate surface area is 220 Å². The van der Waals surface area contributed by atoms with Gasteiger partial charge in [0.15, 0.2) is 11.5 Å². The van der Waals surface area contributed by atoms with Gasteiger partial charge in [0, 0.05) is 21.4 Å². The molecule has 10 heteroatoms. The van der Waals surface area contributed by atoms with Crippen LogP contribution in [0, 0.1) is 25.0 Å². The molecule has 0 unspecified atom stereocenters. The zero-order valence-electron chi connectivity index (χ0n) is 18.5. The van der Waals surface area contributed by atoms with Crippen molar-refractivity contribution in [2.45, 2.75) is 13.5 Å². The largest absolute Gasteiger partial charge is 0.490 e. The first-order valence-electron chi connectivity index (χ1n) is 10.3. The van der Waals surface area contributed by atoms with E-state index in [2.05, 4.69) is 27.9 Å². The number of rotatable bonds is 9. The van der Waals surface area contributed by atoms with E-state index >= 15 is 0 Å². The van der Waals surface area contributed by atoms with E-state index in [1.54, 1.807) is 12.1 Å². The third-order valence-electron chi connectivity index (χ3n) is 4.62. The van der Waals surface area contributed by atoms with Crippen molar-refractivity contribution in [2.24, 2.45) is 0 Å². The fraction of sp³-hybridized carbons (Fsp3) is 0.120. The SMILES string of the molecule is CCOc1cc(/C=C(\C#N)C(=O)Nc2cccc([N+](=O)[O-])c2)cc(Cl)c1OCc1ccc(I)cc1. The van der Waals surface area contributed by atoms with Crippen molar-refractivity contribution in [3.63, 3.8) is 0 Å². The van der Waals surface area contributed by atoms with Gasteiger partial charge in [-0.15, -0.1) is 0 Å². The van der Waals surface area contributed by atoms with E-state index in [9.17, 15) is 20.2 Å². The monoisotopic (exact) mass is 603 g/mol. The van der Waals surface area contributed by atoms with Crippen molar-refractivity contribution in [3.8, 4) is 17.6 Å². The molecule has 0 atom stereocenters. The number of nitrogens with zero attached hydrogens (tertiary/aromatic N) is 2. The first kappa shape index (κ1) is 26.0. The molecule has 35 heavy (non-hydrogen) atoms. The van der Waals surface area contributed by atoms with Crippen LogP contribution in [0.15, 0.2) is 66.2 Å². The highest BCUT2D eigenvalue weighted by molar-refractivity contribution is 14.1. The first-order valence-corrected chi connectivity index (χ1v) is 11.8. The molecule has 3 aromatic carbocycles. The van der Waals surface area contributed by atoms with E-state index in [-0.39, 0.29) is 28.6 Å². The molecule has 0 radical (unpaired) electrons. The normalized spacial score (nSPS) is 10.9. The number of benzene rings is 3. The molecule has 3 rings (SSSR count). The van der Waals surface area contributed by atoms with Crippen LogP contribution in [0.25, 0.3) is 6.08 Å². The minimum Gasteiger partial charge on any atom is -0.490 e. The molecule has 0 aliphatic heterocycles. The Kier molecular flexibility index (Phi) is 9.05. The summed E-state index contributed by atoms with van der Waals surface area (Å²) >= 11 is 8.68. The summed E-state index contributed by atoms with van der Waals surface area (Å²) in [6, 6.07) is 18.3. The number of halogens is 2. The number of amides is 1. The highest BCUT2D eigenvalue weighted by Crippen LogP contribution is 2.38. The summed E-state index contributed by atoms with van der Waals surface area (Å²) in [6.45, 7) is 2.44. The van der Waals surface area contributed by atoms with E-state index in [1.807, 2.05) is 37.3 Å². The molecule has 0 saturated carbocycles. The van der Waals surface area contributed by atoms with Gasteiger partial charge < -0.3 is 14.8 Å². The fourth-order valence-corrected chi connectivity index (χ4v) is 3.65. The lowest BCUT2D eigenvalue weighted by atomic mass is 10.1. The van der Waals surface area contributed by atoms with Crippen molar-refractivity contribution >= 4 is 57.5 Å². The molecule has 1 N–H and O–H groups in total. The first-order chi connectivity index (χ1) is 16.8. The molecule has 0 heterocycles. The number of nitro groups is 1. The number of carbonyl (C=O) groups is 1. The lowest BCUT2D eigenvalue weighted by Crippen LogP contribution is -2.13. The standard InChI is InChI=1S/C25H19ClIN3O5/c1-2-34-23-12-17(11-22(26)24(23)35-15-16-6-8-19(27)9-7-16)10-18(14-28)25(31)29-20-4-3-5-21(13-20)30(32)33/h3-13H,2,15H2,1H3,(H,29,31)/b18-10+. The summed E-state index contributed by atoms with van der Waals surface area (Å²) in [5.74, 6) is -0.00182. The number of nitriles is 1. The molecule has 8 nitrogen and oxygen atoms in total. The molecule has 0 aliphatic carbocycles. The van der Waals surface area contributed by atoms with Crippen LogP contribution in [0.4, 0.5) is 11.4 Å². The number of anilines is 1. The van der Waals surface area contributed by atoms with Gasteiger partial charge in [0.2, 0.25) is 0 Å². The Morgan fingerprint density at radius 1 is 1.20 bits per heavy atom. The molecule has 0 bridgehead atoms. The van der Waals surface area contributed by atoms with Crippen molar-refractivity contribution in [3.05, 3.63) is 96.1 Å². The van der Waals surface area contributed by atoms with E-state index < -0.39 is 10.8 Å². The average Bonchev–Trinajstić information content (AvgIpc) is 2.83. The number of nitrogens with one attached hydrogen (secondary N) is 1. The van der Waals surface area contributed by atoms with Crippen LogP contribution in [0.3, 0.4) is 0 Å². The molecule has 178 valence electrons. The number of hydrogen-bond acceptors (Lipinski definition) is 6. The molecule has 0 saturated heterocycles. The maximum absolute atomic E-state index is 12.6. The number of non-ortho nitro benzene ring substituents is 1. The van der Waals surface area contributed by atoms with Crippen LogP contribution in [0.1, 0.15) is 18.1 Å². The number of nitro benzene ring substituents is 1. The zero-order chi connectivity index (χ0) is 25.4. The van der Waals surface area contributed by atoms with Gasteiger partial charge in [-0.05, 0) is 77.0 Å². The van der Waals surface area contributed by atoms with Crippen molar-refractivity contribution in [1.29, 1.82) is 5.26 Å². The second kappa shape index (κ2) is 12.2. The summed E-state index contributed by atoms with van der Waals surface area (Å²) in [7, 11) is 0. The Morgan fingerprint density at radius 3 is 2.60 bits per heavy atom. The molecule has 3 aromatic rings. The predicted molar refractivity (Wildman–Crippen MR) is 141 cm³/mol. The maximum Gasteiger partial charge on any atom is 0.271 e. The Balaban J connectivity index is 1.84. The lowest BCUT2D eigenvalue weighted by molar-refractivity contribution is -0.384. The number of carbonyl (C=O) groups excluding carboxylic acids is 1. The van der Waals surface area contributed by atoms with Gasteiger partial charge >= 0.3 is 0 Å². The quantitative estimate of drug-likeness (QED) is 0.0999. The molecular formula is C25H19ClIN3O5. The van der Waals surface area contributed by atoms with Crippen LogP contribution < -0.4 is 14.8 Å². The molecule has 0 aromatic heterocycles. The summed E-state index contributed by atoms with van der Waals surface area (Å²) in [5, 5.41) is 23.2. The topological polar surface area (TPSA) is 114 Å². The maximum atomic E-state index is 12.6. The number of hydrogen-bond donors (Lipinski definition) is 1. The van der Waals surface area contributed by atoms with Gasteiger partial charge in [0.25, 0.3) is 11.6 Å². The second-order valence-electron chi connectivity index (χ2n) is 7.11. The summed E-state index contributed by atoms with van der Waals surface area (Å²) in [4.78, 5) is 23.0. The average molecular weight is 604 g/mol. The van der Waals surface area contributed by atoms with Crippen LogP contribution >= 0.6 is 34.2 Å². The van der Waals surface area contributed by atoms with Crippen LogP contribution in [0.2, 0.25) is 5.02 Å². The predicted octanol–water partition coefficient (Wildman–Crippen LogP) is 6.38. The van der Waals surface area contributed by atoms with Gasteiger partial charge in [0.1, 0.15) is 18.2 Å². The molecule has 0 aliphatic rings. The van der Waals surface area contributed by atoms with E-state index in [0.29, 0.717) is 23.7 Å². The van der Waals surface area contributed by atoms with Gasteiger partial charge in [-0.2, -0.15) is 5.26 Å². The smallest absolute Gasteiger partial charge is 0.271 e. The van der Waals surface area contributed by atoms with Gasteiger partial charge in [-0.3, -0.25) is 14.9 Å². The van der Waals surface area contributed by atoms with Gasteiger partial charge in [-0.1, -0.05) is 29.8 Å². The van der Waals surface area contributed by atoms with Crippen molar-refractivity contribution in [2.75, 3.05) is 11.9 Å². The van der Waals surface area contributed by atoms with Gasteiger partial charge in [-0.25, -0.2) is 0 Å². The van der Waals surface area contributed by atoms with Crippen LogP contribution in [0.5, 0.6) is 11.5 Å². The van der Waals surface area contributed by atoms with Crippen LogP contribution in [-0.2, 0) is 11.4 Å². The molecule has 0 fully saturated rings. The van der Waals surface area contributed by atoms with Gasteiger partial charge in [0.05, 0.1) is 16.6 Å². The summed E-state index contributed by atoms with van der Waals surface area (Å²) in [6.07, 6.45) is 1.35. The number of ether oxygens (including phenoxy) is 2. The summed E-state index contributed by atoms with van der Waals surface area (Å²) < 4.78 is 12.7. The van der Waals surface area contributed by atoms with E-state index in [1.165, 1.54) is 30.3 Å². The molecular weight excluding hydrogens is 585 g/mol. The Bertz CT molecular complexity index is 1320.